The zero-order chi connectivity index (χ0) is 9.84. The first kappa shape index (κ1) is 10.2. The van der Waals surface area contributed by atoms with E-state index in [1.165, 1.54) is 6.42 Å². The Balaban J connectivity index is 2.52. The Kier molecular flexibility index (Phi) is 3.48. The molecule has 0 aromatic heterocycles. The monoisotopic (exact) mass is 179 g/mol. The maximum atomic E-state index is 11.7. The molecule has 2 heteroatoms. The van der Waals surface area contributed by atoms with E-state index in [0.29, 0.717) is 5.92 Å². The van der Waals surface area contributed by atoms with Gasteiger partial charge in [-0.1, -0.05) is 19.8 Å². The van der Waals surface area contributed by atoms with E-state index in [9.17, 15) is 4.79 Å². The molecule has 0 spiro atoms. The summed E-state index contributed by atoms with van der Waals surface area (Å²) in [5.74, 6) is 0.580. The number of carbonyl (C=O) groups excluding carboxylic acids is 1. The summed E-state index contributed by atoms with van der Waals surface area (Å²) in [4.78, 5) is 11.7. The molecule has 72 valence electrons. The van der Waals surface area contributed by atoms with Gasteiger partial charge in [0.05, 0.1) is 6.07 Å². The standard InChI is InChI=1S/C11H17NO/c1-8-4-3-5-10(6-8)11(13)9(2)7-12/h8-10H,3-6H2,1-2H3. The minimum absolute atomic E-state index is 0.161. The van der Waals surface area contributed by atoms with E-state index in [-0.39, 0.29) is 11.7 Å². The Morgan fingerprint density at radius 3 is 2.77 bits per heavy atom. The average molecular weight is 179 g/mol. The van der Waals surface area contributed by atoms with E-state index in [2.05, 4.69) is 6.92 Å². The molecule has 1 fully saturated rings. The topological polar surface area (TPSA) is 40.9 Å². The van der Waals surface area contributed by atoms with Gasteiger partial charge in [-0.25, -0.2) is 0 Å². The van der Waals surface area contributed by atoms with E-state index in [4.69, 9.17) is 5.26 Å². The molecule has 1 aliphatic rings. The fourth-order valence-corrected chi connectivity index (χ4v) is 2.11. The summed E-state index contributed by atoms with van der Waals surface area (Å²) in [6.07, 6.45) is 4.38. The van der Waals surface area contributed by atoms with Gasteiger partial charge >= 0.3 is 0 Å². The van der Waals surface area contributed by atoms with Crippen LogP contribution in [0, 0.1) is 29.1 Å². The van der Waals surface area contributed by atoms with Gasteiger partial charge in [-0.15, -0.1) is 0 Å². The molecule has 0 N–H and O–H groups in total. The maximum absolute atomic E-state index is 11.7. The molecule has 0 aromatic carbocycles. The number of carbonyl (C=O) groups is 1. The van der Waals surface area contributed by atoms with E-state index in [0.717, 1.165) is 19.3 Å². The number of hydrogen-bond donors (Lipinski definition) is 0. The van der Waals surface area contributed by atoms with Crippen LogP contribution in [-0.2, 0) is 4.79 Å². The number of hydrogen-bond acceptors (Lipinski definition) is 2. The van der Waals surface area contributed by atoms with Crippen LogP contribution in [0.25, 0.3) is 0 Å². The van der Waals surface area contributed by atoms with Crippen LogP contribution in [-0.4, -0.2) is 5.78 Å². The maximum Gasteiger partial charge on any atom is 0.152 e. The van der Waals surface area contributed by atoms with Gasteiger partial charge in [0, 0.05) is 5.92 Å². The first-order valence-electron chi connectivity index (χ1n) is 5.08. The summed E-state index contributed by atoms with van der Waals surface area (Å²) >= 11 is 0. The number of nitrogens with zero attached hydrogens (tertiary/aromatic N) is 1. The Labute approximate surface area is 79.9 Å². The molecule has 1 rings (SSSR count). The highest BCUT2D eigenvalue weighted by Gasteiger charge is 2.27. The smallest absolute Gasteiger partial charge is 0.152 e. The van der Waals surface area contributed by atoms with Crippen LogP contribution in [0.4, 0.5) is 0 Å². The van der Waals surface area contributed by atoms with Crippen molar-refractivity contribution in [3.8, 4) is 6.07 Å². The molecule has 0 aromatic rings. The molecule has 0 aliphatic heterocycles. The molecule has 1 saturated carbocycles. The van der Waals surface area contributed by atoms with Gasteiger partial charge in [-0.2, -0.15) is 5.26 Å². The Bertz CT molecular complexity index is 229. The SMILES string of the molecule is CC1CCCC(C(=O)C(C)C#N)C1. The summed E-state index contributed by atoms with van der Waals surface area (Å²) in [6.45, 7) is 3.90. The predicted octanol–water partition coefficient (Wildman–Crippen LogP) is 2.54. The van der Waals surface area contributed by atoms with Gasteiger partial charge in [-0.05, 0) is 25.7 Å². The zero-order valence-electron chi connectivity index (χ0n) is 8.42. The second-order valence-electron chi connectivity index (χ2n) is 4.22. The highest BCUT2D eigenvalue weighted by atomic mass is 16.1. The zero-order valence-corrected chi connectivity index (χ0v) is 8.42. The van der Waals surface area contributed by atoms with Gasteiger partial charge in [0.15, 0.2) is 5.78 Å². The minimum atomic E-state index is -0.407. The molecule has 0 amide bonds. The minimum Gasteiger partial charge on any atom is -0.298 e. The van der Waals surface area contributed by atoms with Gasteiger partial charge in [0.2, 0.25) is 0 Å². The molecule has 0 radical (unpaired) electrons. The fraction of sp³-hybridized carbons (Fsp3) is 0.818. The summed E-state index contributed by atoms with van der Waals surface area (Å²) in [7, 11) is 0. The predicted molar refractivity (Wildman–Crippen MR) is 50.9 cm³/mol. The van der Waals surface area contributed by atoms with Crippen LogP contribution in [0.1, 0.15) is 39.5 Å². The first-order valence-corrected chi connectivity index (χ1v) is 5.08. The van der Waals surface area contributed by atoms with Crippen LogP contribution in [0.5, 0.6) is 0 Å². The summed E-state index contributed by atoms with van der Waals surface area (Å²) in [5, 5.41) is 8.63. The first-order chi connectivity index (χ1) is 6.15. The Morgan fingerprint density at radius 2 is 2.23 bits per heavy atom. The largest absolute Gasteiger partial charge is 0.298 e. The van der Waals surface area contributed by atoms with Crippen molar-refractivity contribution in [1.82, 2.24) is 0 Å². The van der Waals surface area contributed by atoms with Crippen molar-refractivity contribution in [1.29, 1.82) is 5.26 Å². The lowest BCUT2D eigenvalue weighted by Gasteiger charge is -2.26. The quantitative estimate of drug-likeness (QED) is 0.653. The summed E-state index contributed by atoms with van der Waals surface area (Å²) in [5.41, 5.74) is 0. The third-order valence-corrected chi connectivity index (χ3v) is 2.96. The highest BCUT2D eigenvalue weighted by molar-refractivity contribution is 5.85. The van der Waals surface area contributed by atoms with Crippen molar-refractivity contribution in [2.45, 2.75) is 39.5 Å². The number of nitriles is 1. The van der Waals surface area contributed by atoms with Gasteiger partial charge < -0.3 is 0 Å². The van der Waals surface area contributed by atoms with E-state index >= 15 is 0 Å². The van der Waals surface area contributed by atoms with Crippen LogP contribution >= 0.6 is 0 Å². The third kappa shape index (κ3) is 2.55. The molecule has 1 aliphatic carbocycles. The third-order valence-electron chi connectivity index (χ3n) is 2.96. The van der Waals surface area contributed by atoms with Crippen molar-refractivity contribution in [2.24, 2.45) is 17.8 Å². The van der Waals surface area contributed by atoms with Crippen LogP contribution in [0.15, 0.2) is 0 Å². The van der Waals surface area contributed by atoms with Gasteiger partial charge in [0.25, 0.3) is 0 Å². The molecule has 3 atom stereocenters. The number of ketones is 1. The Morgan fingerprint density at radius 1 is 1.54 bits per heavy atom. The fourth-order valence-electron chi connectivity index (χ4n) is 2.11. The van der Waals surface area contributed by atoms with Crippen molar-refractivity contribution in [3.05, 3.63) is 0 Å². The molecule has 0 bridgehead atoms. The number of Topliss-reactive ketones (excluding diaryl/α,β-unsaturated/α-hetero) is 1. The van der Waals surface area contributed by atoms with Crippen molar-refractivity contribution >= 4 is 5.78 Å². The average Bonchev–Trinajstić information content (AvgIpc) is 2.15. The molecule has 3 unspecified atom stereocenters. The van der Waals surface area contributed by atoms with Crippen LogP contribution in [0.3, 0.4) is 0 Å². The second-order valence-corrected chi connectivity index (χ2v) is 4.22. The highest BCUT2D eigenvalue weighted by Crippen LogP contribution is 2.30. The second kappa shape index (κ2) is 4.41. The van der Waals surface area contributed by atoms with E-state index in [1.54, 1.807) is 6.92 Å². The van der Waals surface area contributed by atoms with Crippen molar-refractivity contribution in [3.63, 3.8) is 0 Å². The lowest BCUT2D eigenvalue weighted by molar-refractivity contribution is -0.126. The van der Waals surface area contributed by atoms with Crippen molar-refractivity contribution in [2.75, 3.05) is 0 Å². The summed E-state index contributed by atoms with van der Waals surface area (Å²) < 4.78 is 0. The van der Waals surface area contributed by atoms with E-state index < -0.39 is 5.92 Å². The van der Waals surface area contributed by atoms with Gasteiger partial charge in [0.1, 0.15) is 5.92 Å². The molecular formula is C11H17NO. The van der Waals surface area contributed by atoms with Gasteiger partial charge in [-0.3, -0.25) is 4.79 Å². The Hall–Kier alpha value is -0.840. The molecular weight excluding hydrogens is 162 g/mol. The van der Waals surface area contributed by atoms with Crippen LogP contribution < -0.4 is 0 Å². The van der Waals surface area contributed by atoms with Crippen LogP contribution in [0.2, 0.25) is 0 Å². The number of rotatable bonds is 2. The molecule has 0 heterocycles. The lowest BCUT2D eigenvalue weighted by atomic mass is 9.78. The normalized spacial score (nSPS) is 30.5. The lowest BCUT2D eigenvalue weighted by Crippen LogP contribution is -2.25. The van der Waals surface area contributed by atoms with Crippen molar-refractivity contribution < 1.29 is 4.79 Å². The summed E-state index contributed by atoms with van der Waals surface area (Å²) in [6, 6.07) is 2.03. The molecule has 13 heavy (non-hydrogen) atoms. The molecule has 0 saturated heterocycles. The molecule has 2 nitrogen and oxygen atoms in total. The van der Waals surface area contributed by atoms with E-state index in [1.807, 2.05) is 6.07 Å².